The number of hydrogen-bond donors (Lipinski definition) is 2. The van der Waals surface area contributed by atoms with Gasteiger partial charge in [0, 0.05) is 33.8 Å². The molecule has 1 unspecified atom stereocenters. The quantitative estimate of drug-likeness (QED) is 0.501. The van der Waals surface area contributed by atoms with Crippen LogP contribution in [-0.4, -0.2) is 30.9 Å². The van der Waals surface area contributed by atoms with Gasteiger partial charge in [-0.05, 0) is 49.2 Å². The predicted octanol–water partition coefficient (Wildman–Crippen LogP) is 5.01. The van der Waals surface area contributed by atoms with Gasteiger partial charge in [-0.25, -0.2) is 4.79 Å². The Morgan fingerprint density at radius 3 is 2.52 bits per heavy atom. The zero-order valence-electron chi connectivity index (χ0n) is 13.6. The maximum atomic E-state index is 12.0. The monoisotopic (exact) mass is 401 g/mol. The Hall–Kier alpha value is -1.60. The van der Waals surface area contributed by atoms with E-state index in [1.54, 1.807) is 31.2 Å². The SMILES string of the molecule is COCC(C)OC(=O)c1ccc(NSc2cc(Cl)cc(Cl)c2)cc1O. The number of benzene rings is 2. The van der Waals surface area contributed by atoms with E-state index < -0.39 is 12.1 Å². The number of halogens is 2. The van der Waals surface area contributed by atoms with Crippen molar-refractivity contribution < 1.29 is 19.4 Å². The van der Waals surface area contributed by atoms with E-state index in [0.717, 1.165) is 4.90 Å². The van der Waals surface area contributed by atoms with Gasteiger partial charge in [0.15, 0.2) is 0 Å². The van der Waals surface area contributed by atoms with Crippen LogP contribution in [0.3, 0.4) is 0 Å². The standard InChI is InChI=1S/C17H17Cl2NO4S/c1-10(9-23-2)24-17(22)15-4-3-13(8-16(15)21)20-25-14-6-11(18)5-12(19)7-14/h3-8,10,20-21H,9H2,1-2H3. The zero-order chi connectivity index (χ0) is 18.4. The van der Waals surface area contributed by atoms with Crippen molar-refractivity contribution in [3.05, 3.63) is 52.0 Å². The van der Waals surface area contributed by atoms with E-state index in [-0.39, 0.29) is 17.9 Å². The van der Waals surface area contributed by atoms with Gasteiger partial charge in [0.1, 0.15) is 17.4 Å². The highest BCUT2D eigenvalue weighted by atomic mass is 35.5. The second-order valence-corrected chi connectivity index (χ2v) is 6.96. The fourth-order valence-electron chi connectivity index (χ4n) is 1.99. The highest BCUT2D eigenvalue weighted by Gasteiger charge is 2.16. The highest BCUT2D eigenvalue weighted by Crippen LogP contribution is 2.30. The van der Waals surface area contributed by atoms with Crippen LogP contribution in [0.15, 0.2) is 41.3 Å². The summed E-state index contributed by atoms with van der Waals surface area (Å²) in [6.45, 7) is 1.99. The lowest BCUT2D eigenvalue weighted by atomic mass is 10.2. The Morgan fingerprint density at radius 1 is 1.24 bits per heavy atom. The molecule has 2 N–H and O–H groups in total. The zero-order valence-corrected chi connectivity index (χ0v) is 15.9. The van der Waals surface area contributed by atoms with Crippen molar-refractivity contribution in [1.82, 2.24) is 0 Å². The van der Waals surface area contributed by atoms with Crippen LogP contribution in [0.5, 0.6) is 5.75 Å². The largest absolute Gasteiger partial charge is 0.507 e. The second-order valence-electron chi connectivity index (χ2n) is 5.21. The van der Waals surface area contributed by atoms with Crippen LogP contribution in [0.2, 0.25) is 10.0 Å². The Morgan fingerprint density at radius 2 is 1.92 bits per heavy atom. The van der Waals surface area contributed by atoms with Crippen LogP contribution in [0.4, 0.5) is 5.69 Å². The molecule has 2 rings (SSSR count). The van der Waals surface area contributed by atoms with Crippen molar-refractivity contribution >= 4 is 46.8 Å². The Balaban J connectivity index is 2.02. The average Bonchev–Trinajstić information content (AvgIpc) is 2.52. The molecule has 25 heavy (non-hydrogen) atoms. The molecular weight excluding hydrogens is 385 g/mol. The predicted molar refractivity (Wildman–Crippen MR) is 101 cm³/mol. The summed E-state index contributed by atoms with van der Waals surface area (Å²) in [7, 11) is 1.52. The van der Waals surface area contributed by atoms with Gasteiger partial charge >= 0.3 is 5.97 Å². The number of phenolic OH excluding ortho intramolecular Hbond substituents is 1. The van der Waals surface area contributed by atoms with Gasteiger partial charge in [0.2, 0.25) is 0 Å². The molecule has 5 nitrogen and oxygen atoms in total. The van der Waals surface area contributed by atoms with Gasteiger partial charge in [-0.15, -0.1) is 0 Å². The summed E-state index contributed by atoms with van der Waals surface area (Å²) in [6.07, 6.45) is -0.405. The number of esters is 1. The number of phenols is 1. The van der Waals surface area contributed by atoms with Crippen molar-refractivity contribution in [3.8, 4) is 5.75 Å². The molecule has 2 aromatic rings. The molecule has 2 aromatic carbocycles. The molecule has 0 aromatic heterocycles. The summed E-state index contributed by atoms with van der Waals surface area (Å²) < 4.78 is 13.1. The molecule has 0 spiro atoms. The maximum Gasteiger partial charge on any atom is 0.342 e. The second kappa shape index (κ2) is 9.20. The highest BCUT2D eigenvalue weighted by molar-refractivity contribution is 8.00. The summed E-state index contributed by atoms with van der Waals surface area (Å²) in [4.78, 5) is 12.8. The van der Waals surface area contributed by atoms with E-state index in [4.69, 9.17) is 32.7 Å². The van der Waals surface area contributed by atoms with E-state index in [9.17, 15) is 9.90 Å². The minimum Gasteiger partial charge on any atom is -0.507 e. The molecule has 0 aliphatic rings. The van der Waals surface area contributed by atoms with Crippen LogP contribution < -0.4 is 4.72 Å². The molecule has 0 saturated carbocycles. The molecule has 0 bridgehead atoms. The Bertz CT molecular complexity index is 737. The molecule has 0 radical (unpaired) electrons. The number of rotatable bonds is 7. The van der Waals surface area contributed by atoms with Crippen LogP contribution in [-0.2, 0) is 9.47 Å². The molecule has 0 saturated heterocycles. The fourth-order valence-corrected chi connectivity index (χ4v) is 3.38. The minimum absolute atomic E-state index is 0.0873. The van der Waals surface area contributed by atoms with Gasteiger partial charge in [-0.2, -0.15) is 0 Å². The first-order chi connectivity index (χ1) is 11.9. The topological polar surface area (TPSA) is 67.8 Å². The maximum absolute atomic E-state index is 12.0. The lowest BCUT2D eigenvalue weighted by Gasteiger charge is -2.13. The smallest absolute Gasteiger partial charge is 0.342 e. The van der Waals surface area contributed by atoms with Gasteiger partial charge in [0.05, 0.1) is 6.61 Å². The van der Waals surface area contributed by atoms with Crippen LogP contribution in [0, 0.1) is 0 Å². The van der Waals surface area contributed by atoms with Gasteiger partial charge < -0.3 is 19.3 Å². The number of anilines is 1. The number of methoxy groups -OCH3 is 1. The third-order valence-electron chi connectivity index (χ3n) is 3.05. The molecule has 0 fully saturated rings. The van der Waals surface area contributed by atoms with Crippen molar-refractivity contribution in [1.29, 1.82) is 0 Å². The first-order valence-electron chi connectivity index (χ1n) is 7.31. The Labute approximate surface area is 160 Å². The van der Waals surface area contributed by atoms with Crippen LogP contribution in [0.1, 0.15) is 17.3 Å². The van der Waals surface area contributed by atoms with E-state index >= 15 is 0 Å². The molecular formula is C17H17Cl2NO4S. The first-order valence-corrected chi connectivity index (χ1v) is 8.88. The number of ether oxygens (including phenoxy) is 2. The van der Waals surface area contributed by atoms with Crippen LogP contribution in [0.25, 0.3) is 0 Å². The average molecular weight is 402 g/mol. The fraction of sp³-hybridized carbons (Fsp3) is 0.235. The first kappa shape index (κ1) is 19.7. The van der Waals surface area contributed by atoms with Gasteiger partial charge in [0.25, 0.3) is 0 Å². The van der Waals surface area contributed by atoms with Crippen molar-refractivity contribution in [2.75, 3.05) is 18.4 Å². The molecule has 134 valence electrons. The van der Waals surface area contributed by atoms with Crippen molar-refractivity contribution in [2.45, 2.75) is 17.9 Å². The number of carbonyl (C=O) groups excluding carboxylic acids is 1. The Kier molecular flexibility index (Phi) is 7.25. The molecule has 8 heteroatoms. The summed E-state index contributed by atoms with van der Waals surface area (Å²) in [5.41, 5.74) is 0.699. The van der Waals surface area contributed by atoms with Crippen molar-refractivity contribution in [3.63, 3.8) is 0 Å². The van der Waals surface area contributed by atoms with Gasteiger partial charge in [-0.1, -0.05) is 23.2 Å². The summed E-state index contributed by atoms with van der Waals surface area (Å²) in [6, 6.07) is 9.75. The number of carbonyl (C=O) groups is 1. The molecule has 0 aliphatic carbocycles. The summed E-state index contributed by atoms with van der Waals surface area (Å²) in [5, 5.41) is 11.1. The molecule has 0 heterocycles. The number of hydrogen-bond acceptors (Lipinski definition) is 6. The van der Waals surface area contributed by atoms with E-state index in [2.05, 4.69) is 4.72 Å². The lowest BCUT2D eigenvalue weighted by Crippen LogP contribution is -2.19. The van der Waals surface area contributed by atoms with E-state index in [1.165, 1.54) is 31.2 Å². The third-order valence-corrected chi connectivity index (χ3v) is 4.30. The summed E-state index contributed by atoms with van der Waals surface area (Å²) >= 11 is 13.2. The molecule has 1 atom stereocenters. The molecule has 0 aliphatic heterocycles. The van der Waals surface area contributed by atoms with Crippen molar-refractivity contribution in [2.24, 2.45) is 0 Å². The number of nitrogens with one attached hydrogen (secondary N) is 1. The van der Waals surface area contributed by atoms with E-state index in [1.807, 2.05) is 0 Å². The molecule has 0 amide bonds. The third kappa shape index (κ3) is 6.01. The van der Waals surface area contributed by atoms with E-state index in [0.29, 0.717) is 15.7 Å². The van der Waals surface area contributed by atoms with Gasteiger partial charge in [-0.3, -0.25) is 0 Å². The number of aromatic hydroxyl groups is 1. The normalized spacial score (nSPS) is 11.8. The van der Waals surface area contributed by atoms with Crippen LogP contribution >= 0.6 is 35.1 Å². The minimum atomic E-state index is -0.608. The summed E-state index contributed by atoms with van der Waals surface area (Å²) in [5.74, 6) is -0.785. The lowest BCUT2D eigenvalue weighted by molar-refractivity contribution is 0.0118.